The molecular weight excluding hydrogens is 384 g/mol. The van der Waals surface area contributed by atoms with E-state index >= 15 is 0 Å². The lowest BCUT2D eigenvalue weighted by atomic mass is 9.92. The number of carbonyl (C=O) groups excluding carboxylic acids is 1. The molecule has 0 radical (unpaired) electrons. The Bertz CT molecular complexity index is 838. The zero-order valence-electron chi connectivity index (χ0n) is 17.5. The molecule has 1 amide bonds. The molecule has 7 nitrogen and oxygen atoms in total. The van der Waals surface area contributed by atoms with Gasteiger partial charge in [-0.05, 0) is 51.0 Å². The van der Waals surface area contributed by atoms with Crippen LogP contribution in [0.4, 0.5) is 5.13 Å². The summed E-state index contributed by atoms with van der Waals surface area (Å²) in [6.07, 6.45) is 10.1. The van der Waals surface area contributed by atoms with Crippen LogP contribution in [0.5, 0.6) is 0 Å². The largest absolute Gasteiger partial charge is 0.375 e. The van der Waals surface area contributed by atoms with E-state index in [0.717, 1.165) is 51.9 Å². The van der Waals surface area contributed by atoms with Gasteiger partial charge in [0.15, 0.2) is 5.13 Å². The van der Waals surface area contributed by atoms with Gasteiger partial charge in [-0.1, -0.05) is 6.92 Å². The number of nitrogens with zero attached hydrogens (tertiary/aromatic N) is 5. The van der Waals surface area contributed by atoms with E-state index in [1.807, 2.05) is 11.9 Å². The van der Waals surface area contributed by atoms with E-state index < -0.39 is 0 Å². The maximum atomic E-state index is 12.7. The van der Waals surface area contributed by atoms with Crippen molar-refractivity contribution in [3.8, 4) is 0 Å². The number of fused-ring (bicyclic) bond motifs is 1. The van der Waals surface area contributed by atoms with Gasteiger partial charge >= 0.3 is 0 Å². The highest BCUT2D eigenvalue weighted by Crippen LogP contribution is 2.31. The summed E-state index contributed by atoms with van der Waals surface area (Å²) in [6, 6.07) is 0.595. The second kappa shape index (κ2) is 8.83. The molecule has 2 aromatic rings. The molecule has 1 atom stereocenters. The Balaban J connectivity index is 1.32. The molecule has 2 aromatic heterocycles. The van der Waals surface area contributed by atoms with Gasteiger partial charge in [0.2, 0.25) is 0 Å². The maximum absolute atomic E-state index is 12.7. The van der Waals surface area contributed by atoms with Crippen LogP contribution in [0.2, 0.25) is 0 Å². The number of nitrogen functional groups attached to an aromatic ring is 1. The first-order valence-electron chi connectivity index (χ1n) is 10.8. The van der Waals surface area contributed by atoms with Crippen molar-refractivity contribution < 1.29 is 4.79 Å². The molecule has 0 unspecified atom stereocenters. The summed E-state index contributed by atoms with van der Waals surface area (Å²) in [6.45, 7) is 6.23. The van der Waals surface area contributed by atoms with Crippen LogP contribution < -0.4 is 5.73 Å². The van der Waals surface area contributed by atoms with E-state index in [-0.39, 0.29) is 5.91 Å². The van der Waals surface area contributed by atoms with Gasteiger partial charge in [-0.2, -0.15) is 5.10 Å². The molecule has 0 aromatic carbocycles. The maximum Gasteiger partial charge on any atom is 0.257 e. The lowest BCUT2D eigenvalue weighted by Crippen LogP contribution is -2.45. The molecule has 158 valence electrons. The number of thiazole rings is 1. The molecular formula is C21H32N6OS. The van der Waals surface area contributed by atoms with Crippen molar-refractivity contribution in [1.82, 2.24) is 24.6 Å². The highest BCUT2D eigenvalue weighted by molar-refractivity contribution is 7.15. The molecule has 3 heterocycles. The second-order valence-electron chi connectivity index (χ2n) is 8.45. The Hall–Kier alpha value is -1.93. The van der Waals surface area contributed by atoms with Crippen molar-refractivity contribution in [1.29, 1.82) is 0 Å². The summed E-state index contributed by atoms with van der Waals surface area (Å²) in [4.78, 5) is 23.2. The number of piperidine rings is 1. The Kier molecular flexibility index (Phi) is 6.20. The number of amides is 1. The number of hydrogen-bond donors (Lipinski definition) is 1. The molecule has 2 N–H and O–H groups in total. The summed E-state index contributed by atoms with van der Waals surface area (Å²) in [5, 5.41) is 4.84. The summed E-state index contributed by atoms with van der Waals surface area (Å²) in [7, 11) is 1.85. The third kappa shape index (κ3) is 4.64. The van der Waals surface area contributed by atoms with Gasteiger partial charge in [0, 0.05) is 43.8 Å². The first kappa shape index (κ1) is 20.3. The Morgan fingerprint density at radius 1 is 1.34 bits per heavy atom. The lowest BCUT2D eigenvalue weighted by Gasteiger charge is -2.39. The third-order valence-corrected chi connectivity index (χ3v) is 7.25. The normalized spacial score (nSPS) is 20.2. The first-order chi connectivity index (χ1) is 14.0. The number of likely N-dealkylation sites (tertiary alicyclic amines) is 1. The number of nitrogens with two attached hydrogens (primary N) is 1. The van der Waals surface area contributed by atoms with Crippen molar-refractivity contribution >= 4 is 22.4 Å². The van der Waals surface area contributed by atoms with Crippen LogP contribution >= 0.6 is 11.3 Å². The average Bonchev–Trinajstić information content (AvgIpc) is 3.31. The quantitative estimate of drug-likeness (QED) is 0.783. The minimum atomic E-state index is 0.115. The highest BCUT2D eigenvalue weighted by Gasteiger charge is 2.30. The Morgan fingerprint density at radius 2 is 2.14 bits per heavy atom. The number of aryl methyl sites for hydroxylation is 2. The second-order valence-corrected chi connectivity index (χ2v) is 9.57. The van der Waals surface area contributed by atoms with Gasteiger partial charge in [-0.25, -0.2) is 4.98 Å². The van der Waals surface area contributed by atoms with E-state index in [0.29, 0.717) is 22.7 Å². The van der Waals surface area contributed by atoms with E-state index in [9.17, 15) is 4.79 Å². The zero-order chi connectivity index (χ0) is 20.4. The zero-order valence-corrected chi connectivity index (χ0v) is 18.3. The van der Waals surface area contributed by atoms with Crippen molar-refractivity contribution in [3.63, 3.8) is 0 Å². The molecule has 29 heavy (non-hydrogen) atoms. The molecule has 1 aliphatic carbocycles. The van der Waals surface area contributed by atoms with E-state index in [2.05, 4.69) is 21.9 Å². The first-order valence-corrected chi connectivity index (χ1v) is 11.6. The van der Waals surface area contributed by atoms with E-state index in [1.54, 1.807) is 28.4 Å². The van der Waals surface area contributed by atoms with Crippen LogP contribution in [0.25, 0.3) is 0 Å². The van der Waals surface area contributed by atoms with Crippen LogP contribution in [0.1, 0.15) is 53.5 Å². The van der Waals surface area contributed by atoms with Crippen LogP contribution in [0.15, 0.2) is 12.4 Å². The van der Waals surface area contributed by atoms with Gasteiger partial charge in [-0.15, -0.1) is 11.3 Å². The van der Waals surface area contributed by atoms with Gasteiger partial charge in [0.05, 0.1) is 17.5 Å². The molecule has 0 saturated carbocycles. The molecule has 0 spiro atoms. The molecule has 8 heteroatoms. The minimum Gasteiger partial charge on any atom is -0.375 e. The fraction of sp³-hybridized carbons (Fsp3) is 0.667. The number of anilines is 1. The van der Waals surface area contributed by atoms with Crippen molar-refractivity contribution in [2.24, 2.45) is 13.0 Å². The van der Waals surface area contributed by atoms with Gasteiger partial charge in [-0.3, -0.25) is 14.4 Å². The predicted octanol–water partition coefficient (Wildman–Crippen LogP) is 2.58. The smallest absolute Gasteiger partial charge is 0.257 e. The van der Waals surface area contributed by atoms with Crippen LogP contribution in [0, 0.1) is 5.92 Å². The highest BCUT2D eigenvalue weighted by atomic mass is 32.1. The average molecular weight is 417 g/mol. The molecule has 1 fully saturated rings. The third-order valence-electron chi connectivity index (χ3n) is 6.30. The SMILES string of the molecule is CCCN(CC1CCN(C(=O)c2cnn(C)c2)CC1)[C@H]1CCc2nc(N)sc2C1. The van der Waals surface area contributed by atoms with Crippen LogP contribution in [-0.4, -0.2) is 62.7 Å². The summed E-state index contributed by atoms with van der Waals surface area (Å²) in [5.74, 6) is 0.775. The fourth-order valence-corrected chi connectivity index (χ4v) is 5.71. The number of rotatable bonds is 6. The Morgan fingerprint density at radius 3 is 2.83 bits per heavy atom. The summed E-state index contributed by atoms with van der Waals surface area (Å²) >= 11 is 1.67. The standard InChI is InChI=1S/C21H32N6OS/c1-3-8-27(17-4-5-18-19(11-17)29-21(22)24-18)13-15-6-9-26(10-7-15)20(28)16-12-23-25(2)14-16/h12,14-15,17H,3-11,13H2,1-2H3,(H2,22,24)/t17-/m0/s1. The number of carbonyl (C=O) groups is 1. The van der Waals surface area contributed by atoms with E-state index in [4.69, 9.17) is 5.73 Å². The van der Waals surface area contributed by atoms with Gasteiger partial charge < -0.3 is 10.6 Å². The Labute approximate surface area is 176 Å². The molecule has 0 bridgehead atoms. The van der Waals surface area contributed by atoms with E-state index in [1.165, 1.54) is 23.4 Å². The summed E-state index contributed by atoms with van der Waals surface area (Å²) in [5.41, 5.74) is 7.84. The van der Waals surface area contributed by atoms with Crippen molar-refractivity contribution in [2.45, 2.75) is 51.5 Å². The predicted molar refractivity (Wildman–Crippen MR) is 116 cm³/mol. The van der Waals surface area contributed by atoms with Crippen LogP contribution in [0.3, 0.4) is 0 Å². The van der Waals surface area contributed by atoms with Crippen LogP contribution in [-0.2, 0) is 19.9 Å². The fourth-order valence-electron chi connectivity index (χ4n) is 4.76. The molecule has 1 saturated heterocycles. The van der Waals surface area contributed by atoms with Gasteiger partial charge in [0.1, 0.15) is 0 Å². The molecule has 2 aliphatic rings. The van der Waals surface area contributed by atoms with Crippen molar-refractivity contribution in [3.05, 3.63) is 28.5 Å². The molecule has 1 aliphatic heterocycles. The number of aromatic nitrogens is 3. The minimum absolute atomic E-state index is 0.115. The topological polar surface area (TPSA) is 80.3 Å². The molecule has 4 rings (SSSR count). The lowest BCUT2D eigenvalue weighted by molar-refractivity contribution is 0.0642. The van der Waals surface area contributed by atoms with Crippen molar-refractivity contribution in [2.75, 3.05) is 31.9 Å². The van der Waals surface area contributed by atoms with Gasteiger partial charge in [0.25, 0.3) is 5.91 Å². The number of hydrogen-bond acceptors (Lipinski definition) is 6. The summed E-state index contributed by atoms with van der Waals surface area (Å²) < 4.78 is 1.69. The monoisotopic (exact) mass is 416 g/mol.